The van der Waals surface area contributed by atoms with E-state index < -0.39 is 10.0 Å². The maximum Gasteiger partial charge on any atom is 0.240 e. The Morgan fingerprint density at radius 3 is 2.43 bits per heavy atom. The number of sulfonamides is 1. The monoisotopic (exact) mass is 330 g/mol. The van der Waals surface area contributed by atoms with Crippen LogP contribution in [0.1, 0.15) is 18.1 Å². The van der Waals surface area contributed by atoms with Crippen molar-refractivity contribution in [2.45, 2.75) is 30.8 Å². The molecule has 1 heterocycles. The smallest absolute Gasteiger partial charge is 0.240 e. The van der Waals surface area contributed by atoms with Crippen LogP contribution < -0.4 is 4.72 Å². The van der Waals surface area contributed by atoms with Crippen LogP contribution >= 0.6 is 0 Å². The summed E-state index contributed by atoms with van der Waals surface area (Å²) in [5, 5.41) is 0. The predicted octanol–water partition coefficient (Wildman–Crippen LogP) is 2.41. The molecular formula is C18H22N2O2S. The van der Waals surface area contributed by atoms with Crippen LogP contribution in [0.3, 0.4) is 0 Å². The molecule has 0 fully saturated rings. The molecule has 0 aliphatic carbocycles. The van der Waals surface area contributed by atoms with Crippen LogP contribution in [0.4, 0.5) is 0 Å². The Morgan fingerprint density at radius 2 is 1.70 bits per heavy atom. The molecule has 23 heavy (non-hydrogen) atoms. The molecule has 1 atom stereocenters. The highest BCUT2D eigenvalue weighted by Gasteiger charge is 2.22. The molecule has 1 aliphatic rings. The lowest BCUT2D eigenvalue weighted by atomic mass is 9.99. The fourth-order valence-electron chi connectivity index (χ4n) is 2.94. The second-order valence-electron chi connectivity index (χ2n) is 6.00. The van der Waals surface area contributed by atoms with Crippen LogP contribution in [0.15, 0.2) is 59.5 Å². The Labute approximate surface area is 138 Å². The van der Waals surface area contributed by atoms with E-state index in [0.29, 0.717) is 11.4 Å². The standard InChI is InChI=1S/C18H22N2O2S/c1-15(13-19-23(21,22)18-9-3-2-4-10-18)20-12-11-16-7-5-6-8-17(16)14-20/h2-10,15,19H,11-14H2,1H3/t15-/m1/s1. The summed E-state index contributed by atoms with van der Waals surface area (Å²) in [7, 11) is -3.43. The van der Waals surface area contributed by atoms with Gasteiger partial charge in [0.25, 0.3) is 0 Å². The van der Waals surface area contributed by atoms with Gasteiger partial charge in [-0.25, -0.2) is 13.1 Å². The molecule has 0 amide bonds. The van der Waals surface area contributed by atoms with E-state index in [4.69, 9.17) is 0 Å². The van der Waals surface area contributed by atoms with Crippen LogP contribution in [-0.4, -0.2) is 32.4 Å². The van der Waals surface area contributed by atoms with Crippen molar-refractivity contribution in [3.63, 3.8) is 0 Å². The predicted molar refractivity (Wildman–Crippen MR) is 91.6 cm³/mol. The topological polar surface area (TPSA) is 49.4 Å². The fourth-order valence-corrected chi connectivity index (χ4v) is 4.08. The third kappa shape index (κ3) is 3.80. The Bertz CT molecular complexity index is 760. The number of rotatable bonds is 5. The highest BCUT2D eigenvalue weighted by atomic mass is 32.2. The SMILES string of the molecule is C[C@H](CNS(=O)(=O)c1ccccc1)N1CCc2ccccc2C1. The Morgan fingerprint density at radius 1 is 1.04 bits per heavy atom. The minimum Gasteiger partial charge on any atom is -0.295 e. The first kappa shape index (κ1) is 16.2. The number of hydrogen-bond acceptors (Lipinski definition) is 3. The minimum absolute atomic E-state index is 0.154. The molecule has 0 aromatic heterocycles. The summed E-state index contributed by atoms with van der Waals surface area (Å²) in [6, 6.07) is 17.1. The molecule has 0 spiro atoms. The molecule has 0 unspecified atom stereocenters. The van der Waals surface area contributed by atoms with Crippen LogP contribution in [0.5, 0.6) is 0 Å². The largest absolute Gasteiger partial charge is 0.295 e. The average molecular weight is 330 g/mol. The maximum absolute atomic E-state index is 12.3. The summed E-state index contributed by atoms with van der Waals surface area (Å²) in [5.41, 5.74) is 2.75. The third-order valence-electron chi connectivity index (χ3n) is 4.41. The van der Waals surface area contributed by atoms with E-state index in [1.54, 1.807) is 24.3 Å². The molecule has 2 aromatic rings. The summed E-state index contributed by atoms with van der Waals surface area (Å²) < 4.78 is 27.3. The first-order valence-corrected chi connectivity index (χ1v) is 9.40. The molecule has 122 valence electrons. The molecule has 1 N–H and O–H groups in total. The van der Waals surface area contributed by atoms with Crippen molar-refractivity contribution in [1.29, 1.82) is 0 Å². The minimum atomic E-state index is -3.43. The molecule has 3 rings (SSSR count). The van der Waals surface area contributed by atoms with Gasteiger partial charge in [-0.05, 0) is 36.6 Å². The lowest BCUT2D eigenvalue weighted by Crippen LogP contribution is -2.44. The summed E-state index contributed by atoms with van der Waals surface area (Å²) in [6.07, 6.45) is 1.02. The number of nitrogens with zero attached hydrogens (tertiary/aromatic N) is 1. The van der Waals surface area contributed by atoms with Gasteiger partial charge in [-0.1, -0.05) is 42.5 Å². The van der Waals surface area contributed by atoms with Crippen LogP contribution in [0, 0.1) is 0 Å². The van der Waals surface area contributed by atoms with E-state index in [9.17, 15) is 8.42 Å². The Kier molecular flexibility index (Phi) is 4.80. The zero-order chi connectivity index (χ0) is 16.3. The quantitative estimate of drug-likeness (QED) is 0.916. The van der Waals surface area contributed by atoms with E-state index in [-0.39, 0.29) is 6.04 Å². The van der Waals surface area contributed by atoms with Gasteiger partial charge in [-0.2, -0.15) is 0 Å². The zero-order valence-electron chi connectivity index (χ0n) is 13.3. The second-order valence-corrected chi connectivity index (χ2v) is 7.77. The van der Waals surface area contributed by atoms with Crippen molar-refractivity contribution in [3.05, 3.63) is 65.7 Å². The molecule has 0 saturated heterocycles. The molecule has 4 nitrogen and oxygen atoms in total. The molecule has 2 aromatic carbocycles. The Hall–Kier alpha value is -1.69. The number of fused-ring (bicyclic) bond motifs is 1. The highest BCUT2D eigenvalue weighted by Crippen LogP contribution is 2.20. The van der Waals surface area contributed by atoms with Gasteiger partial charge < -0.3 is 0 Å². The van der Waals surface area contributed by atoms with Crippen LogP contribution in [-0.2, 0) is 23.0 Å². The highest BCUT2D eigenvalue weighted by molar-refractivity contribution is 7.89. The van der Waals surface area contributed by atoms with Gasteiger partial charge in [0.2, 0.25) is 10.0 Å². The van der Waals surface area contributed by atoms with Gasteiger partial charge in [0.05, 0.1) is 4.90 Å². The molecule has 0 saturated carbocycles. The third-order valence-corrected chi connectivity index (χ3v) is 5.85. The molecule has 5 heteroatoms. The first-order chi connectivity index (χ1) is 11.1. The van der Waals surface area contributed by atoms with Crippen LogP contribution in [0.25, 0.3) is 0 Å². The van der Waals surface area contributed by atoms with Gasteiger partial charge in [0.1, 0.15) is 0 Å². The number of nitrogens with one attached hydrogen (secondary N) is 1. The Balaban J connectivity index is 1.61. The van der Waals surface area contributed by atoms with E-state index >= 15 is 0 Å². The van der Waals surface area contributed by atoms with E-state index in [0.717, 1.165) is 19.5 Å². The average Bonchev–Trinajstić information content (AvgIpc) is 2.60. The molecule has 1 aliphatic heterocycles. The van der Waals surface area contributed by atoms with Crippen molar-refractivity contribution in [2.75, 3.05) is 13.1 Å². The summed E-state index contributed by atoms with van der Waals surface area (Å²) in [4.78, 5) is 2.65. The van der Waals surface area contributed by atoms with Crippen molar-refractivity contribution >= 4 is 10.0 Å². The van der Waals surface area contributed by atoms with Crippen molar-refractivity contribution in [2.24, 2.45) is 0 Å². The summed E-state index contributed by atoms with van der Waals surface area (Å²) in [6.45, 7) is 4.33. The zero-order valence-corrected chi connectivity index (χ0v) is 14.1. The van der Waals surface area contributed by atoms with E-state index in [1.807, 2.05) is 6.07 Å². The molecule has 0 radical (unpaired) electrons. The van der Waals surface area contributed by atoms with Crippen LogP contribution in [0.2, 0.25) is 0 Å². The van der Waals surface area contributed by atoms with E-state index in [2.05, 4.69) is 40.8 Å². The first-order valence-electron chi connectivity index (χ1n) is 7.92. The molecular weight excluding hydrogens is 308 g/mol. The van der Waals surface area contributed by atoms with Crippen molar-refractivity contribution in [1.82, 2.24) is 9.62 Å². The summed E-state index contributed by atoms with van der Waals surface area (Å²) >= 11 is 0. The van der Waals surface area contributed by atoms with E-state index in [1.165, 1.54) is 11.1 Å². The fraction of sp³-hybridized carbons (Fsp3) is 0.333. The summed E-state index contributed by atoms with van der Waals surface area (Å²) in [5.74, 6) is 0. The normalized spacial score (nSPS) is 16.7. The number of hydrogen-bond donors (Lipinski definition) is 1. The molecule has 0 bridgehead atoms. The van der Waals surface area contributed by atoms with Gasteiger partial charge in [0.15, 0.2) is 0 Å². The van der Waals surface area contributed by atoms with Gasteiger partial charge in [-0.3, -0.25) is 4.90 Å². The maximum atomic E-state index is 12.3. The van der Waals surface area contributed by atoms with Crippen molar-refractivity contribution < 1.29 is 8.42 Å². The second kappa shape index (κ2) is 6.83. The van der Waals surface area contributed by atoms with Gasteiger partial charge in [0, 0.05) is 25.7 Å². The van der Waals surface area contributed by atoms with Gasteiger partial charge >= 0.3 is 0 Å². The van der Waals surface area contributed by atoms with Gasteiger partial charge in [-0.15, -0.1) is 0 Å². The van der Waals surface area contributed by atoms with Crippen molar-refractivity contribution in [3.8, 4) is 0 Å². The lowest BCUT2D eigenvalue weighted by Gasteiger charge is -2.33. The number of benzene rings is 2. The lowest BCUT2D eigenvalue weighted by molar-refractivity contribution is 0.192.